The first-order valence-electron chi connectivity index (χ1n) is 8.55. The second-order valence-electron chi connectivity index (χ2n) is 6.72. The van der Waals surface area contributed by atoms with Crippen molar-refractivity contribution in [3.63, 3.8) is 0 Å². The number of carbonyl (C=O) groups is 4. The zero-order valence-electron chi connectivity index (χ0n) is 14.4. The van der Waals surface area contributed by atoms with Crippen molar-refractivity contribution in [2.24, 2.45) is 0 Å². The third-order valence-electron chi connectivity index (χ3n) is 5.33. The Morgan fingerprint density at radius 3 is 2.60 bits per heavy atom. The second-order valence-corrected chi connectivity index (χ2v) is 6.72. The molecule has 0 aromatic carbocycles. The standard InChI is InChI=1S/C17H23N3O5/c1-3-13(21)20-10-9-18(16(24)17(20)6-7-17)11-14(22)19-8-4-5-12(19)15(23)25-2/h3,12H,1,4-11H2,2H3/t12-/m0/s1. The number of hydrogen-bond donors (Lipinski definition) is 0. The predicted molar refractivity (Wildman–Crippen MR) is 87.2 cm³/mol. The number of rotatable bonds is 4. The summed E-state index contributed by atoms with van der Waals surface area (Å²) in [6, 6.07) is -0.564. The average Bonchev–Trinajstić information content (AvgIpc) is 3.24. The predicted octanol–water partition coefficient (Wildman–Crippen LogP) is -0.460. The van der Waals surface area contributed by atoms with Gasteiger partial charge in [0.05, 0.1) is 13.7 Å². The molecule has 3 amide bonds. The molecule has 3 fully saturated rings. The molecule has 0 aromatic rings. The molecule has 0 bridgehead atoms. The van der Waals surface area contributed by atoms with Gasteiger partial charge in [-0.25, -0.2) is 4.79 Å². The van der Waals surface area contributed by atoms with Crippen molar-refractivity contribution in [3.8, 4) is 0 Å². The van der Waals surface area contributed by atoms with Crippen LogP contribution in [0, 0.1) is 0 Å². The number of piperazine rings is 1. The van der Waals surface area contributed by atoms with Crippen LogP contribution in [0.5, 0.6) is 0 Å². The summed E-state index contributed by atoms with van der Waals surface area (Å²) in [6.07, 6.45) is 3.78. The summed E-state index contributed by atoms with van der Waals surface area (Å²) in [6.45, 7) is 4.62. The quantitative estimate of drug-likeness (QED) is 0.506. The van der Waals surface area contributed by atoms with Gasteiger partial charge in [0.15, 0.2) is 0 Å². The highest BCUT2D eigenvalue weighted by Crippen LogP contribution is 2.45. The van der Waals surface area contributed by atoms with E-state index >= 15 is 0 Å². The average molecular weight is 349 g/mol. The molecule has 0 radical (unpaired) electrons. The molecule has 2 aliphatic heterocycles. The molecule has 3 rings (SSSR count). The first-order chi connectivity index (χ1) is 11.9. The highest BCUT2D eigenvalue weighted by atomic mass is 16.5. The van der Waals surface area contributed by atoms with Gasteiger partial charge in [-0.3, -0.25) is 14.4 Å². The summed E-state index contributed by atoms with van der Waals surface area (Å²) in [5, 5.41) is 0. The number of methoxy groups -OCH3 is 1. The smallest absolute Gasteiger partial charge is 0.328 e. The van der Waals surface area contributed by atoms with Crippen LogP contribution in [0.4, 0.5) is 0 Å². The van der Waals surface area contributed by atoms with Gasteiger partial charge in [-0.2, -0.15) is 0 Å². The van der Waals surface area contributed by atoms with Gasteiger partial charge in [0, 0.05) is 19.6 Å². The molecule has 1 atom stereocenters. The number of hydrogen-bond acceptors (Lipinski definition) is 5. The van der Waals surface area contributed by atoms with E-state index in [-0.39, 0.29) is 24.3 Å². The van der Waals surface area contributed by atoms with Gasteiger partial charge in [-0.15, -0.1) is 0 Å². The summed E-state index contributed by atoms with van der Waals surface area (Å²) in [5.74, 6) is -1.10. The first-order valence-corrected chi connectivity index (χ1v) is 8.55. The lowest BCUT2D eigenvalue weighted by atomic mass is 10.1. The van der Waals surface area contributed by atoms with Gasteiger partial charge in [0.25, 0.3) is 0 Å². The Morgan fingerprint density at radius 1 is 1.28 bits per heavy atom. The van der Waals surface area contributed by atoms with Gasteiger partial charge in [-0.1, -0.05) is 6.58 Å². The fourth-order valence-electron chi connectivity index (χ4n) is 3.83. The molecule has 3 aliphatic rings. The number of ether oxygens (including phenoxy) is 1. The van der Waals surface area contributed by atoms with E-state index in [0.29, 0.717) is 38.9 Å². The minimum atomic E-state index is -0.795. The van der Waals surface area contributed by atoms with Crippen LogP contribution in [-0.2, 0) is 23.9 Å². The van der Waals surface area contributed by atoms with E-state index in [1.165, 1.54) is 23.0 Å². The van der Waals surface area contributed by atoms with E-state index in [1.807, 2.05) is 0 Å². The zero-order valence-corrected chi connectivity index (χ0v) is 14.4. The van der Waals surface area contributed by atoms with Crippen molar-refractivity contribution in [1.82, 2.24) is 14.7 Å². The SMILES string of the molecule is C=CC(=O)N1CCN(CC(=O)N2CCC[C@H]2C(=O)OC)C(=O)C12CC2. The molecule has 25 heavy (non-hydrogen) atoms. The van der Waals surface area contributed by atoms with Gasteiger partial charge in [0.1, 0.15) is 11.6 Å². The molecule has 136 valence electrons. The lowest BCUT2D eigenvalue weighted by Crippen LogP contribution is -2.62. The maximum atomic E-state index is 12.8. The topological polar surface area (TPSA) is 87.2 Å². The zero-order chi connectivity index (χ0) is 18.2. The molecule has 2 heterocycles. The molecule has 8 nitrogen and oxygen atoms in total. The maximum absolute atomic E-state index is 12.8. The number of carbonyl (C=O) groups excluding carboxylic acids is 4. The van der Waals surface area contributed by atoms with Crippen molar-refractivity contribution in [2.45, 2.75) is 37.3 Å². The van der Waals surface area contributed by atoms with Crippen molar-refractivity contribution in [2.75, 3.05) is 33.3 Å². The molecule has 0 N–H and O–H groups in total. The minimum Gasteiger partial charge on any atom is -0.467 e. The van der Waals surface area contributed by atoms with E-state index in [9.17, 15) is 19.2 Å². The molecule has 0 unspecified atom stereocenters. The number of nitrogens with zero attached hydrogens (tertiary/aromatic N) is 3. The molecule has 1 spiro atoms. The van der Waals surface area contributed by atoms with E-state index in [0.717, 1.165) is 6.42 Å². The normalized spacial score (nSPS) is 24.4. The third kappa shape index (κ3) is 2.89. The number of amides is 3. The summed E-state index contributed by atoms with van der Waals surface area (Å²) in [5.41, 5.74) is -0.795. The highest BCUT2D eigenvalue weighted by Gasteiger charge is 2.59. The fraction of sp³-hybridized carbons (Fsp3) is 0.647. The molecule has 1 aliphatic carbocycles. The Balaban J connectivity index is 1.67. The Kier molecular flexibility index (Phi) is 4.53. The van der Waals surface area contributed by atoms with Gasteiger partial charge in [-0.05, 0) is 31.8 Å². The van der Waals surface area contributed by atoms with Crippen LogP contribution < -0.4 is 0 Å². The lowest BCUT2D eigenvalue weighted by molar-refractivity contribution is -0.156. The maximum Gasteiger partial charge on any atom is 0.328 e. The van der Waals surface area contributed by atoms with E-state index in [1.54, 1.807) is 4.90 Å². The van der Waals surface area contributed by atoms with E-state index in [4.69, 9.17) is 4.74 Å². The summed E-state index contributed by atoms with van der Waals surface area (Å²) in [7, 11) is 1.31. The fourth-order valence-corrected chi connectivity index (χ4v) is 3.83. The molecule has 1 saturated carbocycles. The number of likely N-dealkylation sites (tertiary alicyclic amines) is 1. The minimum absolute atomic E-state index is 0.0653. The largest absolute Gasteiger partial charge is 0.467 e. The lowest BCUT2D eigenvalue weighted by Gasteiger charge is -2.41. The van der Waals surface area contributed by atoms with Crippen LogP contribution in [0.25, 0.3) is 0 Å². The van der Waals surface area contributed by atoms with Crippen LogP contribution >= 0.6 is 0 Å². The molecular formula is C17H23N3O5. The van der Waals surface area contributed by atoms with E-state index in [2.05, 4.69) is 6.58 Å². The summed E-state index contributed by atoms with van der Waals surface area (Å²) >= 11 is 0. The van der Waals surface area contributed by atoms with Crippen LogP contribution in [0.15, 0.2) is 12.7 Å². The second kappa shape index (κ2) is 6.50. The first kappa shape index (κ1) is 17.4. The van der Waals surface area contributed by atoms with Crippen LogP contribution in [-0.4, -0.2) is 83.3 Å². The van der Waals surface area contributed by atoms with Crippen LogP contribution in [0.3, 0.4) is 0 Å². The van der Waals surface area contributed by atoms with Crippen molar-refractivity contribution < 1.29 is 23.9 Å². The van der Waals surface area contributed by atoms with Crippen LogP contribution in [0.1, 0.15) is 25.7 Å². The molecule has 0 aromatic heterocycles. The van der Waals surface area contributed by atoms with Gasteiger partial charge in [0.2, 0.25) is 17.7 Å². The summed E-state index contributed by atoms with van der Waals surface area (Å²) < 4.78 is 4.75. The van der Waals surface area contributed by atoms with Crippen LogP contribution in [0.2, 0.25) is 0 Å². The van der Waals surface area contributed by atoms with Crippen molar-refractivity contribution in [3.05, 3.63) is 12.7 Å². The third-order valence-corrected chi connectivity index (χ3v) is 5.33. The Labute approximate surface area is 146 Å². The molecule has 8 heteroatoms. The Morgan fingerprint density at radius 2 is 2.00 bits per heavy atom. The van der Waals surface area contributed by atoms with E-state index < -0.39 is 17.6 Å². The molecular weight excluding hydrogens is 326 g/mol. The summed E-state index contributed by atoms with van der Waals surface area (Å²) in [4.78, 5) is 53.8. The van der Waals surface area contributed by atoms with Gasteiger partial charge >= 0.3 is 5.97 Å². The Bertz CT molecular complexity index is 628. The monoisotopic (exact) mass is 349 g/mol. The van der Waals surface area contributed by atoms with Crippen molar-refractivity contribution in [1.29, 1.82) is 0 Å². The highest BCUT2D eigenvalue weighted by molar-refractivity contribution is 5.99. The van der Waals surface area contributed by atoms with Crippen molar-refractivity contribution >= 4 is 23.7 Å². The van der Waals surface area contributed by atoms with Gasteiger partial charge < -0.3 is 19.4 Å². The number of esters is 1. The molecule has 2 saturated heterocycles. The Hall–Kier alpha value is -2.38.